The highest BCUT2D eigenvalue weighted by Crippen LogP contribution is 2.28. The van der Waals surface area contributed by atoms with Crippen LogP contribution in [0.5, 0.6) is 5.75 Å². The molecule has 0 saturated carbocycles. The zero-order valence-electron chi connectivity index (χ0n) is 17.2. The third-order valence-corrected chi connectivity index (χ3v) is 4.46. The quantitative estimate of drug-likeness (QED) is 0.259. The van der Waals surface area contributed by atoms with Crippen molar-refractivity contribution in [3.8, 4) is 5.75 Å². The van der Waals surface area contributed by atoms with E-state index in [2.05, 4.69) is 26.2 Å². The van der Waals surface area contributed by atoms with E-state index in [0.717, 1.165) is 43.6 Å². The predicted molar refractivity (Wildman–Crippen MR) is 123 cm³/mol. The molecule has 1 amide bonds. The summed E-state index contributed by atoms with van der Waals surface area (Å²) in [6, 6.07) is 8.06. The largest absolute Gasteiger partial charge is 0.495 e. The van der Waals surface area contributed by atoms with Crippen molar-refractivity contribution in [1.82, 2.24) is 15.1 Å². The molecule has 0 radical (unpaired) electrons. The Hall–Kier alpha value is -1.75. The molecule has 0 spiro atoms. The zero-order valence-corrected chi connectivity index (χ0v) is 19.5. The number of carbonyl (C=O) groups excluding carboxylic acids is 1. The molecular weight excluding hydrogens is 473 g/mol. The van der Waals surface area contributed by atoms with Crippen LogP contribution in [0.3, 0.4) is 0 Å². The fraction of sp³-hybridized carbons (Fsp3) is 0.579. The number of nitrogens with zero attached hydrogens (tertiary/aromatic N) is 4. The summed E-state index contributed by atoms with van der Waals surface area (Å²) in [5.74, 6) is 1.62. The maximum atomic E-state index is 11.9. The summed E-state index contributed by atoms with van der Waals surface area (Å²) in [5.41, 5.74) is 1.10. The van der Waals surface area contributed by atoms with E-state index >= 15 is 0 Å². The van der Waals surface area contributed by atoms with Gasteiger partial charge in [-0.05, 0) is 12.1 Å². The maximum absolute atomic E-state index is 11.9. The van der Waals surface area contributed by atoms with Crippen molar-refractivity contribution in [1.29, 1.82) is 0 Å². The lowest BCUT2D eigenvalue weighted by molar-refractivity contribution is -0.127. The number of anilines is 1. The number of nitrogens with one attached hydrogen (secondary N) is 1. The minimum atomic E-state index is -0.0197. The van der Waals surface area contributed by atoms with Crippen LogP contribution in [-0.4, -0.2) is 95.9 Å². The van der Waals surface area contributed by atoms with E-state index < -0.39 is 0 Å². The first-order valence-corrected chi connectivity index (χ1v) is 9.17. The smallest absolute Gasteiger partial charge is 0.243 e. The molecular formula is C19H32IN5O3. The van der Waals surface area contributed by atoms with E-state index in [-0.39, 0.29) is 36.4 Å². The van der Waals surface area contributed by atoms with Crippen LogP contribution in [0.4, 0.5) is 5.69 Å². The van der Waals surface area contributed by atoms with Crippen molar-refractivity contribution in [2.45, 2.75) is 0 Å². The minimum absolute atomic E-state index is 0. The number of carbonyl (C=O) groups is 1. The molecule has 0 aromatic heterocycles. The second-order valence-corrected chi connectivity index (χ2v) is 6.49. The molecule has 1 aliphatic heterocycles. The lowest BCUT2D eigenvalue weighted by Crippen LogP contribution is -2.53. The van der Waals surface area contributed by atoms with Crippen LogP contribution < -0.4 is 15.0 Å². The van der Waals surface area contributed by atoms with Gasteiger partial charge in [0.15, 0.2) is 5.96 Å². The van der Waals surface area contributed by atoms with Crippen LogP contribution in [0.2, 0.25) is 0 Å². The number of rotatable bonds is 7. The highest BCUT2D eigenvalue weighted by Gasteiger charge is 2.22. The molecule has 1 fully saturated rings. The number of para-hydroxylation sites is 2. The Bertz CT molecular complexity index is 634. The molecule has 0 unspecified atom stereocenters. The average Bonchev–Trinajstić information content (AvgIpc) is 2.70. The van der Waals surface area contributed by atoms with Gasteiger partial charge in [0.1, 0.15) is 12.3 Å². The molecule has 1 aromatic rings. The Balaban J connectivity index is 0.00000392. The Morgan fingerprint density at radius 3 is 2.46 bits per heavy atom. The Labute approximate surface area is 184 Å². The van der Waals surface area contributed by atoms with Gasteiger partial charge in [-0.3, -0.25) is 4.79 Å². The molecule has 0 bridgehead atoms. The summed E-state index contributed by atoms with van der Waals surface area (Å²) in [7, 11) is 6.84. The molecule has 2 rings (SSSR count). The highest BCUT2D eigenvalue weighted by molar-refractivity contribution is 14.0. The van der Waals surface area contributed by atoms with Crippen molar-refractivity contribution in [2.75, 3.05) is 79.1 Å². The van der Waals surface area contributed by atoms with Gasteiger partial charge in [-0.2, -0.15) is 0 Å². The zero-order chi connectivity index (χ0) is 19.6. The summed E-state index contributed by atoms with van der Waals surface area (Å²) < 4.78 is 10.6. The summed E-state index contributed by atoms with van der Waals surface area (Å²) in [5, 5.41) is 3.30. The normalized spacial score (nSPS) is 14.4. The van der Waals surface area contributed by atoms with E-state index in [4.69, 9.17) is 9.47 Å². The van der Waals surface area contributed by atoms with Gasteiger partial charge in [0.25, 0.3) is 0 Å². The number of guanidine groups is 1. The van der Waals surface area contributed by atoms with Gasteiger partial charge < -0.3 is 29.5 Å². The topological polar surface area (TPSA) is 69.6 Å². The Morgan fingerprint density at radius 1 is 1.18 bits per heavy atom. The molecule has 28 heavy (non-hydrogen) atoms. The van der Waals surface area contributed by atoms with E-state index in [0.29, 0.717) is 13.2 Å². The minimum Gasteiger partial charge on any atom is -0.495 e. The lowest BCUT2D eigenvalue weighted by Gasteiger charge is -2.38. The van der Waals surface area contributed by atoms with Crippen LogP contribution in [0.15, 0.2) is 29.3 Å². The number of hydrogen-bond acceptors (Lipinski definition) is 5. The number of aliphatic imine (C=N–C) groups is 1. The molecule has 8 nitrogen and oxygen atoms in total. The van der Waals surface area contributed by atoms with Gasteiger partial charge >= 0.3 is 0 Å². The monoisotopic (exact) mass is 505 g/mol. The van der Waals surface area contributed by atoms with Gasteiger partial charge in [0, 0.05) is 53.9 Å². The molecule has 1 N–H and O–H groups in total. The number of methoxy groups -OCH3 is 2. The van der Waals surface area contributed by atoms with Crippen molar-refractivity contribution < 1.29 is 14.3 Å². The third-order valence-electron chi connectivity index (χ3n) is 4.46. The number of halogens is 1. The van der Waals surface area contributed by atoms with Crippen LogP contribution in [0, 0.1) is 0 Å². The number of benzene rings is 1. The van der Waals surface area contributed by atoms with Gasteiger partial charge in [0.2, 0.25) is 5.91 Å². The number of amides is 1. The van der Waals surface area contributed by atoms with Crippen LogP contribution in [-0.2, 0) is 9.53 Å². The predicted octanol–water partition coefficient (Wildman–Crippen LogP) is 1.12. The molecule has 0 atom stereocenters. The van der Waals surface area contributed by atoms with Crippen LogP contribution in [0.25, 0.3) is 0 Å². The van der Waals surface area contributed by atoms with Crippen LogP contribution >= 0.6 is 24.0 Å². The molecule has 1 saturated heterocycles. The first kappa shape index (κ1) is 24.3. The van der Waals surface area contributed by atoms with Crippen molar-refractivity contribution in [3.63, 3.8) is 0 Å². The van der Waals surface area contributed by atoms with E-state index in [1.807, 2.05) is 18.2 Å². The Kier molecular flexibility index (Phi) is 11.0. The molecule has 1 aromatic carbocycles. The molecule has 158 valence electrons. The maximum Gasteiger partial charge on any atom is 0.243 e. The summed E-state index contributed by atoms with van der Waals surface area (Å²) >= 11 is 0. The first-order valence-electron chi connectivity index (χ1n) is 9.17. The molecule has 9 heteroatoms. The second-order valence-electron chi connectivity index (χ2n) is 6.49. The number of ether oxygens (including phenoxy) is 2. The van der Waals surface area contributed by atoms with Crippen molar-refractivity contribution in [3.05, 3.63) is 24.3 Å². The summed E-state index contributed by atoms with van der Waals surface area (Å²) in [4.78, 5) is 22.5. The van der Waals surface area contributed by atoms with Crippen molar-refractivity contribution >= 4 is 41.5 Å². The van der Waals surface area contributed by atoms with Gasteiger partial charge in [-0.15, -0.1) is 24.0 Å². The van der Waals surface area contributed by atoms with Gasteiger partial charge in [0.05, 0.1) is 19.4 Å². The van der Waals surface area contributed by atoms with E-state index in [1.54, 1.807) is 33.2 Å². The van der Waals surface area contributed by atoms with Gasteiger partial charge in [-0.1, -0.05) is 12.1 Å². The highest BCUT2D eigenvalue weighted by atomic mass is 127. The number of likely N-dealkylation sites (N-methyl/N-ethyl adjacent to an activating group) is 1. The van der Waals surface area contributed by atoms with E-state index in [9.17, 15) is 4.79 Å². The van der Waals surface area contributed by atoms with Crippen LogP contribution in [0.1, 0.15) is 0 Å². The molecule has 0 aliphatic carbocycles. The van der Waals surface area contributed by atoms with Crippen molar-refractivity contribution in [2.24, 2.45) is 4.99 Å². The number of hydrogen-bond donors (Lipinski definition) is 1. The van der Waals surface area contributed by atoms with Gasteiger partial charge in [-0.25, -0.2) is 4.99 Å². The second kappa shape index (κ2) is 12.7. The van der Waals surface area contributed by atoms with E-state index in [1.165, 1.54) is 0 Å². The molecule has 1 heterocycles. The standard InChI is InChI=1S/C19H31N5O3.HI/c1-22(2)18(25)15-21-19(20-9-14-26-3)24-12-10-23(11-13-24)16-7-5-6-8-17(16)27-4;/h5-8H,9-15H2,1-4H3,(H,20,21);1H. The number of piperazine rings is 1. The fourth-order valence-corrected chi connectivity index (χ4v) is 2.87. The lowest BCUT2D eigenvalue weighted by atomic mass is 10.2. The summed E-state index contributed by atoms with van der Waals surface area (Å²) in [6.45, 7) is 4.70. The SMILES string of the molecule is COCCNC(=NCC(=O)N(C)C)N1CCN(c2ccccc2OC)CC1.I. The average molecular weight is 505 g/mol. The molecule has 1 aliphatic rings. The fourth-order valence-electron chi connectivity index (χ4n) is 2.87. The first-order chi connectivity index (χ1) is 13.1. The summed E-state index contributed by atoms with van der Waals surface area (Å²) in [6.07, 6.45) is 0. The third kappa shape index (κ3) is 7.01. The Morgan fingerprint density at radius 2 is 1.86 bits per heavy atom.